The van der Waals surface area contributed by atoms with Gasteiger partial charge in [-0.25, -0.2) is 0 Å². The van der Waals surface area contributed by atoms with Gasteiger partial charge in [0.05, 0.1) is 0 Å². The summed E-state index contributed by atoms with van der Waals surface area (Å²) in [7, 11) is 0. The Hall–Kier alpha value is -3.93. The summed E-state index contributed by atoms with van der Waals surface area (Å²) in [5, 5.41) is 0. The van der Waals surface area contributed by atoms with Gasteiger partial charge in [-0.3, -0.25) is 14.4 Å². The Bertz CT molecular complexity index is 1340. The monoisotopic (exact) mass is 887 g/mol. The maximum absolute atomic E-state index is 12.8. The highest BCUT2D eigenvalue weighted by molar-refractivity contribution is 5.71. The van der Waals surface area contributed by atoms with Gasteiger partial charge in [-0.05, 0) is 89.9 Å². The minimum atomic E-state index is -0.806. The first-order chi connectivity index (χ1) is 31.5. The molecule has 0 amide bonds. The second kappa shape index (κ2) is 51.7. The van der Waals surface area contributed by atoms with Crippen LogP contribution in [0.2, 0.25) is 0 Å². The highest BCUT2D eigenvalue weighted by Crippen LogP contribution is 2.14. The molecule has 0 N–H and O–H groups in total. The van der Waals surface area contributed by atoms with Gasteiger partial charge < -0.3 is 14.2 Å². The predicted molar refractivity (Wildman–Crippen MR) is 274 cm³/mol. The summed E-state index contributed by atoms with van der Waals surface area (Å²) in [6, 6.07) is 0. The number of hydrogen-bond acceptors (Lipinski definition) is 6. The molecule has 362 valence electrons. The van der Waals surface area contributed by atoms with Crippen molar-refractivity contribution in [1.82, 2.24) is 0 Å². The highest BCUT2D eigenvalue weighted by atomic mass is 16.6. The van der Waals surface area contributed by atoms with E-state index in [9.17, 15) is 14.4 Å². The molecule has 0 radical (unpaired) electrons. The molecule has 6 heteroatoms. The third kappa shape index (κ3) is 49.1. The van der Waals surface area contributed by atoms with Crippen LogP contribution < -0.4 is 0 Å². The molecule has 64 heavy (non-hydrogen) atoms. The molecular weight excluding hydrogens is 793 g/mol. The summed E-state index contributed by atoms with van der Waals surface area (Å²) in [5.74, 6) is -0.975. The minimum Gasteiger partial charge on any atom is -0.462 e. The molecule has 0 rings (SSSR count). The molecule has 0 aromatic rings. The van der Waals surface area contributed by atoms with E-state index in [0.717, 1.165) is 96.3 Å². The summed E-state index contributed by atoms with van der Waals surface area (Å²) < 4.78 is 16.7. The Morgan fingerprint density at radius 3 is 1.23 bits per heavy atom. The van der Waals surface area contributed by atoms with Gasteiger partial charge in [-0.15, -0.1) is 0 Å². The summed E-state index contributed by atoms with van der Waals surface area (Å²) in [6.45, 7) is 6.34. The smallest absolute Gasteiger partial charge is 0.306 e. The Kier molecular flexibility index (Phi) is 48.5. The fourth-order valence-corrected chi connectivity index (χ4v) is 6.72. The Balaban J connectivity index is 4.41. The summed E-state index contributed by atoms with van der Waals surface area (Å²) in [5.41, 5.74) is 0. The molecule has 0 aliphatic carbocycles. The van der Waals surface area contributed by atoms with Crippen molar-refractivity contribution in [2.45, 2.75) is 226 Å². The van der Waals surface area contributed by atoms with Gasteiger partial charge in [0.25, 0.3) is 0 Å². The lowest BCUT2D eigenvalue weighted by Gasteiger charge is -2.18. The molecule has 0 aliphatic rings. The quantitative estimate of drug-likeness (QED) is 0.0199. The lowest BCUT2D eigenvalue weighted by atomic mass is 10.1. The van der Waals surface area contributed by atoms with E-state index in [1.807, 2.05) is 36.5 Å². The standard InChI is InChI=1S/C58H94O6/c1-4-7-10-13-16-19-21-23-25-27-29-31-32-34-36-39-42-45-48-51-57(60)63-54-55(53-62-56(59)50-47-44-41-38-18-15-12-9-6-3)64-58(61)52-49-46-43-40-37-35-33-30-28-26-24-22-20-17-14-11-8-5-2/h7,10-11,14,16-17,19-20,22-26,28,30,33,38,41,55H,4-6,8-9,12-13,15,18,21,27,29,31-32,34-37,39-40,42-54H2,1-3H3/b10-7-,14-11-,19-16-,20-17-,24-22-,25-23-,28-26-,33-30-,41-38-. The second-order valence-corrected chi connectivity index (χ2v) is 16.8. The fraction of sp³-hybridized carbons (Fsp3) is 0.638. The van der Waals surface area contributed by atoms with Gasteiger partial charge in [0, 0.05) is 19.3 Å². The number of esters is 3. The average molecular weight is 887 g/mol. The number of carbonyl (C=O) groups excluding carboxylic acids is 3. The Morgan fingerprint density at radius 1 is 0.344 bits per heavy atom. The first-order valence-corrected chi connectivity index (χ1v) is 26.0. The Morgan fingerprint density at radius 2 is 0.719 bits per heavy atom. The minimum absolute atomic E-state index is 0.102. The van der Waals surface area contributed by atoms with Crippen molar-refractivity contribution in [3.8, 4) is 0 Å². The molecule has 0 aliphatic heterocycles. The van der Waals surface area contributed by atoms with Crippen LogP contribution in [0.3, 0.4) is 0 Å². The van der Waals surface area contributed by atoms with E-state index in [1.54, 1.807) is 0 Å². The number of ether oxygens (including phenoxy) is 3. The van der Waals surface area contributed by atoms with Gasteiger partial charge in [0.1, 0.15) is 13.2 Å². The maximum atomic E-state index is 12.8. The summed E-state index contributed by atoms with van der Waals surface area (Å²) >= 11 is 0. The average Bonchev–Trinajstić information content (AvgIpc) is 3.29. The van der Waals surface area contributed by atoms with Crippen molar-refractivity contribution in [2.75, 3.05) is 13.2 Å². The number of allylic oxidation sites excluding steroid dienone is 18. The number of hydrogen-bond donors (Lipinski definition) is 0. The molecule has 0 aromatic carbocycles. The van der Waals surface area contributed by atoms with E-state index in [1.165, 1.54) is 77.0 Å². The summed E-state index contributed by atoms with van der Waals surface area (Å²) in [6.07, 6.45) is 69.3. The van der Waals surface area contributed by atoms with E-state index in [4.69, 9.17) is 14.2 Å². The van der Waals surface area contributed by atoms with Gasteiger partial charge >= 0.3 is 17.9 Å². The molecule has 0 spiro atoms. The molecule has 0 bridgehead atoms. The molecule has 0 heterocycles. The van der Waals surface area contributed by atoms with Crippen LogP contribution in [-0.4, -0.2) is 37.2 Å². The van der Waals surface area contributed by atoms with Crippen LogP contribution in [0.5, 0.6) is 0 Å². The molecule has 6 nitrogen and oxygen atoms in total. The van der Waals surface area contributed by atoms with Crippen LogP contribution >= 0.6 is 0 Å². The lowest BCUT2D eigenvalue weighted by Crippen LogP contribution is -2.30. The van der Waals surface area contributed by atoms with Crippen LogP contribution in [-0.2, 0) is 28.6 Å². The molecule has 0 saturated heterocycles. The van der Waals surface area contributed by atoms with Crippen LogP contribution in [0.4, 0.5) is 0 Å². The van der Waals surface area contributed by atoms with E-state index in [0.29, 0.717) is 25.7 Å². The zero-order valence-corrected chi connectivity index (χ0v) is 41.3. The first-order valence-electron chi connectivity index (χ1n) is 26.0. The number of unbranched alkanes of at least 4 members (excludes halogenated alkanes) is 20. The van der Waals surface area contributed by atoms with Crippen molar-refractivity contribution < 1.29 is 28.6 Å². The van der Waals surface area contributed by atoms with Gasteiger partial charge in [0.15, 0.2) is 6.10 Å². The molecule has 0 aromatic heterocycles. The topological polar surface area (TPSA) is 78.9 Å². The fourth-order valence-electron chi connectivity index (χ4n) is 6.72. The molecule has 1 atom stereocenters. The van der Waals surface area contributed by atoms with Crippen molar-refractivity contribution in [3.05, 3.63) is 109 Å². The number of rotatable bonds is 45. The predicted octanol–water partition coefficient (Wildman–Crippen LogP) is 17.1. The first kappa shape index (κ1) is 60.1. The van der Waals surface area contributed by atoms with Crippen LogP contribution in [0.25, 0.3) is 0 Å². The van der Waals surface area contributed by atoms with Crippen LogP contribution in [0.15, 0.2) is 109 Å². The molecular formula is C58H94O6. The molecule has 0 saturated carbocycles. The maximum Gasteiger partial charge on any atom is 0.306 e. The normalized spacial score (nSPS) is 13.0. The SMILES string of the molecule is CC/C=C\C/C=C\C/C=C\CCCCCCCCCCCC(=O)OCC(COC(=O)CCC/C=C\CCCCCC)OC(=O)CCCCCCC\C=C/C=C\C=C/C=C\C=C/CCC. The Labute approximate surface area is 393 Å². The van der Waals surface area contributed by atoms with Crippen molar-refractivity contribution in [2.24, 2.45) is 0 Å². The van der Waals surface area contributed by atoms with Crippen LogP contribution in [0.1, 0.15) is 220 Å². The van der Waals surface area contributed by atoms with Gasteiger partial charge in [-0.1, -0.05) is 220 Å². The van der Waals surface area contributed by atoms with Gasteiger partial charge in [-0.2, -0.15) is 0 Å². The molecule has 0 fully saturated rings. The summed E-state index contributed by atoms with van der Waals surface area (Å²) in [4.78, 5) is 37.9. The largest absolute Gasteiger partial charge is 0.462 e. The number of carbonyl (C=O) groups is 3. The zero-order chi connectivity index (χ0) is 46.5. The highest BCUT2D eigenvalue weighted by Gasteiger charge is 2.19. The zero-order valence-electron chi connectivity index (χ0n) is 41.3. The molecule has 1 unspecified atom stereocenters. The van der Waals surface area contributed by atoms with Crippen molar-refractivity contribution in [1.29, 1.82) is 0 Å². The van der Waals surface area contributed by atoms with Gasteiger partial charge in [0.2, 0.25) is 0 Å². The van der Waals surface area contributed by atoms with E-state index in [-0.39, 0.29) is 31.1 Å². The van der Waals surface area contributed by atoms with Crippen LogP contribution in [0, 0.1) is 0 Å². The third-order valence-electron chi connectivity index (χ3n) is 10.6. The van der Waals surface area contributed by atoms with E-state index in [2.05, 4.69) is 93.7 Å². The van der Waals surface area contributed by atoms with Crippen molar-refractivity contribution >= 4 is 17.9 Å². The second-order valence-electron chi connectivity index (χ2n) is 16.8. The van der Waals surface area contributed by atoms with E-state index < -0.39 is 6.10 Å². The van der Waals surface area contributed by atoms with Crippen molar-refractivity contribution in [3.63, 3.8) is 0 Å². The van der Waals surface area contributed by atoms with E-state index >= 15 is 0 Å². The third-order valence-corrected chi connectivity index (χ3v) is 10.6. The lowest BCUT2D eigenvalue weighted by molar-refractivity contribution is -0.167.